The molecule has 1 atom stereocenters. The molecule has 6 heteroatoms. The molecule has 1 aromatic carbocycles. The van der Waals surface area contributed by atoms with Gasteiger partial charge in [-0.15, -0.1) is 5.10 Å². The van der Waals surface area contributed by atoms with E-state index in [1.54, 1.807) is 4.68 Å². The summed E-state index contributed by atoms with van der Waals surface area (Å²) < 4.78 is 1.71. The van der Waals surface area contributed by atoms with Crippen molar-refractivity contribution in [3.8, 4) is 5.69 Å². The lowest BCUT2D eigenvalue weighted by Crippen LogP contribution is -2.52. The maximum Gasteiger partial charge on any atom is 0.276 e. The van der Waals surface area contributed by atoms with Crippen LogP contribution < -0.4 is 5.32 Å². The van der Waals surface area contributed by atoms with Crippen molar-refractivity contribution in [3.05, 3.63) is 41.7 Å². The quantitative estimate of drug-likeness (QED) is 0.894. The van der Waals surface area contributed by atoms with E-state index < -0.39 is 0 Å². The maximum absolute atomic E-state index is 12.7. The van der Waals surface area contributed by atoms with Crippen LogP contribution in [0.25, 0.3) is 5.69 Å². The number of hydrogen-bond acceptors (Lipinski definition) is 4. The predicted molar refractivity (Wildman–Crippen MR) is 79.5 cm³/mol. The van der Waals surface area contributed by atoms with Crippen LogP contribution in [0.1, 0.15) is 23.1 Å². The predicted octanol–water partition coefficient (Wildman–Crippen LogP) is 1.01. The Morgan fingerprint density at radius 2 is 2.10 bits per heavy atom. The summed E-state index contributed by atoms with van der Waals surface area (Å²) in [7, 11) is 0. The van der Waals surface area contributed by atoms with E-state index in [1.807, 2.05) is 49.1 Å². The third kappa shape index (κ3) is 2.54. The van der Waals surface area contributed by atoms with Gasteiger partial charge in [0.05, 0.1) is 11.4 Å². The number of rotatable bonds is 2. The number of nitrogens with one attached hydrogen (secondary N) is 1. The third-order valence-corrected chi connectivity index (χ3v) is 3.86. The monoisotopic (exact) mass is 285 g/mol. The van der Waals surface area contributed by atoms with E-state index in [-0.39, 0.29) is 11.9 Å². The van der Waals surface area contributed by atoms with Crippen molar-refractivity contribution < 1.29 is 4.79 Å². The highest BCUT2D eigenvalue weighted by molar-refractivity contribution is 5.93. The van der Waals surface area contributed by atoms with Crippen LogP contribution in [0.15, 0.2) is 30.3 Å². The highest BCUT2D eigenvalue weighted by atomic mass is 16.2. The van der Waals surface area contributed by atoms with Crippen molar-refractivity contribution in [1.82, 2.24) is 25.2 Å². The lowest BCUT2D eigenvalue weighted by molar-refractivity contribution is 0.0649. The molecule has 2 heterocycles. The first-order chi connectivity index (χ1) is 10.2. The Kier molecular flexibility index (Phi) is 3.70. The fourth-order valence-corrected chi connectivity index (χ4v) is 2.62. The van der Waals surface area contributed by atoms with Crippen LogP contribution in [0.2, 0.25) is 0 Å². The minimum atomic E-state index is -0.0383. The second-order valence-corrected chi connectivity index (χ2v) is 5.32. The van der Waals surface area contributed by atoms with E-state index in [9.17, 15) is 4.79 Å². The largest absolute Gasteiger partial charge is 0.332 e. The van der Waals surface area contributed by atoms with Crippen LogP contribution in [0, 0.1) is 6.92 Å². The molecule has 21 heavy (non-hydrogen) atoms. The molecule has 0 spiro atoms. The molecule has 1 saturated heterocycles. The third-order valence-electron chi connectivity index (χ3n) is 3.86. The summed E-state index contributed by atoms with van der Waals surface area (Å²) in [4.78, 5) is 14.5. The van der Waals surface area contributed by atoms with E-state index in [1.165, 1.54) is 0 Å². The molecule has 0 aliphatic carbocycles. The van der Waals surface area contributed by atoms with Gasteiger partial charge in [-0.3, -0.25) is 4.79 Å². The zero-order chi connectivity index (χ0) is 14.8. The fourth-order valence-electron chi connectivity index (χ4n) is 2.62. The molecule has 2 aromatic rings. The molecule has 1 unspecified atom stereocenters. The number of amides is 1. The van der Waals surface area contributed by atoms with Gasteiger partial charge in [-0.2, -0.15) is 0 Å². The van der Waals surface area contributed by atoms with E-state index >= 15 is 0 Å². The number of aromatic nitrogens is 3. The summed E-state index contributed by atoms with van der Waals surface area (Å²) in [6.07, 6.45) is 0. The first kappa shape index (κ1) is 13.8. The number of para-hydroxylation sites is 1. The summed E-state index contributed by atoms with van der Waals surface area (Å²) in [5.41, 5.74) is 2.12. The molecule has 0 saturated carbocycles. The van der Waals surface area contributed by atoms with Gasteiger partial charge in [0.25, 0.3) is 5.91 Å². The summed E-state index contributed by atoms with van der Waals surface area (Å²) in [5.74, 6) is -0.0383. The highest BCUT2D eigenvalue weighted by Gasteiger charge is 2.28. The van der Waals surface area contributed by atoms with Crippen LogP contribution in [0.3, 0.4) is 0 Å². The van der Waals surface area contributed by atoms with Crippen LogP contribution in [0.4, 0.5) is 0 Å². The van der Waals surface area contributed by atoms with E-state index in [0.29, 0.717) is 12.2 Å². The lowest BCUT2D eigenvalue weighted by Gasteiger charge is -2.33. The van der Waals surface area contributed by atoms with E-state index in [4.69, 9.17) is 0 Å². The molecule has 1 aromatic heterocycles. The summed E-state index contributed by atoms with van der Waals surface area (Å²) >= 11 is 0. The van der Waals surface area contributed by atoms with Crippen molar-refractivity contribution in [2.45, 2.75) is 19.9 Å². The zero-order valence-corrected chi connectivity index (χ0v) is 12.3. The minimum Gasteiger partial charge on any atom is -0.332 e. The molecular formula is C15H19N5O. The second kappa shape index (κ2) is 5.65. The topological polar surface area (TPSA) is 63.1 Å². The fraction of sp³-hybridized carbons (Fsp3) is 0.400. The maximum atomic E-state index is 12.7. The number of nitrogens with zero attached hydrogens (tertiary/aromatic N) is 4. The molecule has 6 nitrogen and oxygen atoms in total. The van der Waals surface area contributed by atoms with E-state index in [2.05, 4.69) is 15.6 Å². The second-order valence-electron chi connectivity index (χ2n) is 5.32. The number of piperazine rings is 1. The summed E-state index contributed by atoms with van der Waals surface area (Å²) in [6.45, 7) is 6.27. The van der Waals surface area contributed by atoms with Crippen LogP contribution in [0.5, 0.6) is 0 Å². The van der Waals surface area contributed by atoms with Gasteiger partial charge in [0.15, 0.2) is 5.69 Å². The Morgan fingerprint density at radius 1 is 1.33 bits per heavy atom. The van der Waals surface area contributed by atoms with Crippen molar-refractivity contribution >= 4 is 5.91 Å². The highest BCUT2D eigenvalue weighted by Crippen LogP contribution is 2.15. The van der Waals surface area contributed by atoms with Gasteiger partial charge in [0, 0.05) is 25.7 Å². The number of carbonyl (C=O) groups is 1. The average Bonchev–Trinajstić information content (AvgIpc) is 2.90. The Labute approximate surface area is 123 Å². The summed E-state index contributed by atoms with van der Waals surface area (Å²) in [6, 6.07) is 9.90. The Hall–Kier alpha value is -2.21. The van der Waals surface area contributed by atoms with Crippen molar-refractivity contribution in [2.75, 3.05) is 19.6 Å². The van der Waals surface area contributed by atoms with E-state index in [0.717, 1.165) is 24.5 Å². The van der Waals surface area contributed by atoms with Gasteiger partial charge in [0.2, 0.25) is 0 Å². The number of benzene rings is 1. The molecule has 1 N–H and O–H groups in total. The molecule has 1 aliphatic rings. The molecule has 0 radical (unpaired) electrons. The van der Waals surface area contributed by atoms with Crippen molar-refractivity contribution in [3.63, 3.8) is 0 Å². The Morgan fingerprint density at radius 3 is 2.81 bits per heavy atom. The molecule has 1 fully saturated rings. The Balaban J connectivity index is 1.90. The van der Waals surface area contributed by atoms with Gasteiger partial charge in [0.1, 0.15) is 0 Å². The van der Waals surface area contributed by atoms with Gasteiger partial charge < -0.3 is 10.2 Å². The lowest BCUT2D eigenvalue weighted by atomic mass is 10.2. The van der Waals surface area contributed by atoms with Crippen LogP contribution in [-0.4, -0.2) is 51.5 Å². The van der Waals surface area contributed by atoms with Gasteiger partial charge in [-0.1, -0.05) is 23.4 Å². The number of hydrogen-bond donors (Lipinski definition) is 1. The molecule has 110 valence electrons. The van der Waals surface area contributed by atoms with Crippen LogP contribution >= 0.6 is 0 Å². The smallest absolute Gasteiger partial charge is 0.276 e. The Bertz CT molecular complexity index is 637. The van der Waals surface area contributed by atoms with Crippen molar-refractivity contribution in [2.24, 2.45) is 0 Å². The molecule has 1 amide bonds. The van der Waals surface area contributed by atoms with Crippen LogP contribution in [-0.2, 0) is 0 Å². The molecule has 1 aliphatic heterocycles. The average molecular weight is 285 g/mol. The first-order valence-electron chi connectivity index (χ1n) is 7.18. The minimum absolute atomic E-state index is 0.0383. The molecule has 3 rings (SSSR count). The standard InChI is InChI=1S/C15H19N5O/c1-11-10-16-8-9-19(11)15(21)14-12(2)20(18-17-14)13-6-4-3-5-7-13/h3-7,11,16H,8-10H2,1-2H3. The van der Waals surface area contributed by atoms with Gasteiger partial charge >= 0.3 is 0 Å². The SMILES string of the molecule is Cc1c(C(=O)N2CCNCC2C)nnn1-c1ccccc1. The van der Waals surface area contributed by atoms with Gasteiger partial charge in [-0.25, -0.2) is 4.68 Å². The molecular weight excluding hydrogens is 266 g/mol. The summed E-state index contributed by atoms with van der Waals surface area (Å²) in [5, 5.41) is 11.5. The normalized spacial score (nSPS) is 18.8. The van der Waals surface area contributed by atoms with Crippen molar-refractivity contribution in [1.29, 1.82) is 0 Å². The number of carbonyl (C=O) groups excluding carboxylic acids is 1. The zero-order valence-electron chi connectivity index (χ0n) is 12.3. The first-order valence-corrected chi connectivity index (χ1v) is 7.18. The molecule has 0 bridgehead atoms. The van der Waals surface area contributed by atoms with Gasteiger partial charge in [-0.05, 0) is 26.0 Å².